The highest BCUT2D eigenvalue weighted by Crippen LogP contribution is 2.29. The van der Waals surface area contributed by atoms with E-state index in [0.717, 1.165) is 11.1 Å². The highest BCUT2D eigenvalue weighted by Gasteiger charge is 2.19. The average molecular weight is 310 g/mol. The number of benzene rings is 2. The van der Waals surface area contributed by atoms with Gasteiger partial charge in [0, 0.05) is 10.6 Å². The molecule has 21 heavy (non-hydrogen) atoms. The maximum atomic E-state index is 14.3. The second-order valence-corrected chi connectivity index (χ2v) is 5.61. The smallest absolute Gasteiger partial charge is 0.128 e. The quantitative estimate of drug-likeness (QED) is 0.844. The van der Waals surface area contributed by atoms with E-state index >= 15 is 0 Å². The Labute approximate surface area is 128 Å². The van der Waals surface area contributed by atoms with Gasteiger partial charge in [-0.1, -0.05) is 24.6 Å². The normalized spacial score (nSPS) is 12.5. The SMILES string of the molecule is CCNC(c1cc(C)cc(Cl)c1)c1cc(F)c(C)cc1F. The van der Waals surface area contributed by atoms with E-state index in [1.54, 1.807) is 13.0 Å². The van der Waals surface area contributed by atoms with Gasteiger partial charge >= 0.3 is 0 Å². The molecule has 2 rings (SSSR count). The van der Waals surface area contributed by atoms with Crippen molar-refractivity contribution in [2.45, 2.75) is 26.8 Å². The Morgan fingerprint density at radius 2 is 1.76 bits per heavy atom. The minimum absolute atomic E-state index is 0.293. The molecule has 1 unspecified atom stereocenters. The van der Waals surface area contributed by atoms with E-state index in [0.29, 0.717) is 22.7 Å². The molecule has 112 valence electrons. The first kappa shape index (κ1) is 15.9. The van der Waals surface area contributed by atoms with Gasteiger partial charge in [0.25, 0.3) is 0 Å². The van der Waals surface area contributed by atoms with E-state index < -0.39 is 17.7 Å². The average Bonchev–Trinajstić information content (AvgIpc) is 2.39. The number of rotatable bonds is 4. The van der Waals surface area contributed by atoms with Crippen molar-refractivity contribution in [3.63, 3.8) is 0 Å². The van der Waals surface area contributed by atoms with Crippen LogP contribution < -0.4 is 5.32 Å². The molecule has 0 spiro atoms. The molecule has 0 aliphatic rings. The molecule has 0 aliphatic heterocycles. The predicted molar refractivity (Wildman–Crippen MR) is 82.8 cm³/mol. The van der Waals surface area contributed by atoms with Crippen LogP contribution in [0.25, 0.3) is 0 Å². The molecule has 0 aromatic heterocycles. The standard InChI is InChI=1S/C17H18ClF2N/c1-4-21-17(12-5-10(2)6-13(18)8-12)14-9-15(19)11(3)7-16(14)20/h5-9,17,21H,4H2,1-3H3. The molecule has 0 fully saturated rings. The topological polar surface area (TPSA) is 12.0 Å². The third kappa shape index (κ3) is 3.60. The van der Waals surface area contributed by atoms with Crippen molar-refractivity contribution in [1.82, 2.24) is 5.32 Å². The zero-order valence-electron chi connectivity index (χ0n) is 12.3. The van der Waals surface area contributed by atoms with E-state index in [1.807, 2.05) is 26.0 Å². The fraction of sp³-hybridized carbons (Fsp3) is 0.294. The summed E-state index contributed by atoms with van der Waals surface area (Å²) >= 11 is 6.08. The number of hydrogen-bond acceptors (Lipinski definition) is 1. The molecule has 1 nitrogen and oxygen atoms in total. The summed E-state index contributed by atoms with van der Waals surface area (Å²) in [5.41, 5.74) is 2.40. The summed E-state index contributed by atoms with van der Waals surface area (Å²) in [7, 11) is 0. The van der Waals surface area contributed by atoms with Crippen molar-refractivity contribution in [2.24, 2.45) is 0 Å². The van der Waals surface area contributed by atoms with E-state index in [9.17, 15) is 8.78 Å². The lowest BCUT2D eigenvalue weighted by Crippen LogP contribution is -2.23. The second kappa shape index (κ2) is 6.54. The van der Waals surface area contributed by atoms with Crippen LogP contribution in [0.1, 0.15) is 35.2 Å². The van der Waals surface area contributed by atoms with Crippen molar-refractivity contribution < 1.29 is 8.78 Å². The largest absolute Gasteiger partial charge is 0.306 e. The molecule has 1 N–H and O–H groups in total. The first-order chi connectivity index (χ1) is 9.92. The van der Waals surface area contributed by atoms with Gasteiger partial charge < -0.3 is 5.32 Å². The van der Waals surface area contributed by atoms with Crippen LogP contribution in [0.4, 0.5) is 8.78 Å². The van der Waals surface area contributed by atoms with Crippen molar-refractivity contribution >= 4 is 11.6 Å². The summed E-state index contributed by atoms with van der Waals surface area (Å²) in [5.74, 6) is -0.828. The third-order valence-corrected chi connectivity index (χ3v) is 3.61. The van der Waals surface area contributed by atoms with Crippen LogP contribution in [-0.2, 0) is 0 Å². The van der Waals surface area contributed by atoms with Gasteiger partial charge in [0.05, 0.1) is 6.04 Å². The molecule has 0 saturated heterocycles. The Morgan fingerprint density at radius 3 is 2.38 bits per heavy atom. The first-order valence-electron chi connectivity index (χ1n) is 6.88. The maximum absolute atomic E-state index is 14.3. The van der Waals surface area contributed by atoms with Crippen LogP contribution in [0.3, 0.4) is 0 Å². The summed E-state index contributed by atoms with van der Waals surface area (Å²) in [6.45, 7) is 6.02. The molecular weight excluding hydrogens is 292 g/mol. The molecule has 0 radical (unpaired) electrons. The highest BCUT2D eigenvalue weighted by atomic mass is 35.5. The first-order valence-corrected chi connectivity index (χ1v) is 7.26. The molecule has 0 heterocycles. The second-order valence-electron chi connectivity index (χ2n) is 5.18. The molecule has 2 aromatic carbocycles. The zero-order chi connectivity index (χ0) is 15.6. The molecule has 0 aliphatic carbocycles. The van der Waals surface area contributed by atoms with Crippen molar-refractivity contribution in [3.8, 4) is 0 Å². The van der Waals surface area contributed by atoms with E-state index in [4.69, 9.17) is 11.6 Å². The van der Waals surface area contributed by atoms with Crippen LogP contribution in [0, 0.1) is 25.5 Å². The van der Waals surface area contributed by atoms with Gasteiger partial charge in [-0.25, -0.2) is 8.78 Å². The molecule has 1 atom stereocenters. The molecule has 0 saturated carbocycles. The number of nitrogens with one attached hydrogen (secondary N) is 1. The van der Waals surface area contributed by atoms with Crippen LogP contribution in [0.2, 0.25) is 5.02 Å². The monoisotopic (exact) mass is 309 g/mol. The van der Waals surface area contributed by atoms with Crippen LogP contribution in [0.5, 0.6) is 0 Å². The molecular formula is C17H18ClF2N. The lowest BCUT2D eigenvalue weighted by atomic mass is 9.95. The fourth-order valence-electron chi connectivity index (χ4n) is 2.43. The molecule has 0 bridgehead atoms. The Kier molecular flexibility index (Phi) is 4.96. The highest BCUT2D eigenvalue weighted by molar-refractivity contribution is 6.30. The molecule has 4 heteroatoms. The Balaban J connectivity index is 2.55. The Morgan fingerprint density at radius 1 is 1.05 bits per heavy atom. The van der Waals surface area contributed by atoms with Crippen LogP contribution in [0.15, 0.2) is 30.3 Å². The van der Waals surface area contributed by atoms with Gasteiger partial charge in [-0.2, -0.15) is 0 Å². The van der Waals surface area contributed by atoms with Gasteiger partial charge in [0.15, 0.2) is 0 Å². The minimum atomic E-state index is -0.428. The van der Waals surface area contributed by atoms with Crippen molar-refractivity contribution in [2.75, 3.05) is 6.54 Å². The van der Waals surface area contributed by atoms with E-state index in [1.165, 1.54) is 12.1 Å². The van der Waals surface area contributed by atoms with Gasteiger partial charge in [-0.3, -0.25) is 0 Å². The lowest BCUT2D eigenvalue weighted by molar-refractivity contribution is 0.541. The Hall–Kier alpha value is -1.45. The Bertz CT molecular complexity index is 635. The molecule has 2 aromatic rings. The van der Waals surface area contributed by atoms with Crippen molar-refractivity contribution in [3.05, 3.63) is 69.2 Å². The van der Waals surface area contributed by atoms with E-state index in [-0.39, 0.29) is 0 Å². The number of aryl methyl sites for hydroxylation is 2. The fourth-order valence-corrected chi connectivity index (χ4v) is 2.72. The zero-order valence-corrected chi connectivity index (χ0v) is 13.1. The summed E-state index contributed by atoms with van der Waals surface area (Å²) in [5, 5.41) is 3.78. The summed E-state index contributed by atoms with van der Waals surface area (Å²) in [6, 6.07) is 7.60. The minimum Gasteiger partial charge on any atom is -0.306 e. The van der Waals surface area contributed by atoms with Gasteiger partial charge in [0.1, 0.15) is 11.6 Å². The number of halogens is 3. The van der Waals surface area contributed by atoms with E-state index in [2.05, 4.69) is 5.32 Å². The summed E-state index contributed by atoms with van der Waals surface area (Å²) < 4.78 is 28.1. The predicted octanol–water partition coefficient (Wildman–Crippen LogP) is 4.93. The third-order valence-electron chi connectivity index (χ3n) is 3.39. The van der Waals surface area contributed by atoms with Crippen LogP contribution in [-0.4, -0.2) is 6.54 Å². The van der Waals surface area contributed by atoms with Gasteiger partial charge in [-0.05, 0) is 61.3 Å². The summed E-state index contributed by atoms with van der Waals surface area (Å²) in [4.78, 5) is 0. The lowest BCUT2D eigenvalue weighted by Gasteiger charge is -2.21. The van der Waals surface area contributed by atoms with Gasteiger partial charge in [-0.15, -0.1) is 0 Å². The van der Waals surface area contributed by atoms with Crippen LogP contribution >= 0.6 is 11.6 Å². The maximum Gasteiger partial charge on any atom is 0.128 e. The van der Waals surface area contributed by atoms with Crippen molar-refractivity contribution in [1.29, 1.82) is 0 Å². The number of hydrogen-bond donors (Lipinski definition) is 1. The summed E-state index contributed by atoms with van der Waals surface area (Å²) in [6.07, 6.45) is 0. The molecule has 0 amide bonds. The van der Waals surface area contributed by atoms with Gasteiger partial charge in [0.2, 0.25) is 0 Å².